The highest BCUT2D eigenvalue weighted by Gasteiger charge is 2.01. The van der Waals surface area contributed by atoms with Crippen molar-refractivity contribution in [3.8, 4) is 11.5 Å². The Morgan fingerprint density at radius 2 is 2.00 bits per heavy atom. The second-order valence-electron chi connectivity index (χ2n) is 5.69. The van der Waals surface area contributed by atoms with E-state index in [-0.39, 0.29) is 0 Å². The maximum absolute atomic E-state index is 5.42. The summed E-state index contributed by atoms with van der Waals surface area (Å²) in [5.74, 6) is 1.55. The molecule has 134 valence electrons. The van der Waals surface area contributed by atoms with Crippen LogP contribution in [0.3, 0.4) is 0 Å². The fourth-order valence-corrected chi connectivity index (χ4v) is 2.18. The van der Waals surface area contributed by atoms with E-state index in [2.05, 4.69) is 25.4 Å². The molecule has 0 unspecified atom stereocenters. The van der Waals surface area contributed by atoms with Crippen LogP contribution in [0.15, 0.2) is 73.0 Å². The topological polar surface area (TPSA) is 30.5 Å². The van der Waals surface area contributed by atoms with Crippen molar-refractivity contribution < 1.29 is 9.47 Å². The molecule has 0 saturated heterocycles. The highest BCUT2D eigenvalue weighted by atomic mass is 16.5. The number of hydrogen-bond acceptors (Lipinski definition) is 3. The second-order valence-corrected chi connectivity index (χ2v) is 5.69. The van der Waals surface area contributed by atoms with Gasteiger partial charge in [-0.1, -0.05) is 36.5 Å². The van der Waals surface area contributed by atoms with Crippen molar-refractivity contribution in [2.75, 3.05) is 20.8 Å². The first kappa shape index (κ1) is 20.4. The van der Waals surface area contributed by atoms with E-state index in [4.69, 9.17) is 9.47 Å². The van der Waals surface area contributed by atoms with E-state index < -0.39 is 0 Å². The van der Waals surface area contributed by atoms with Gasteiger partial charge in [-0.25, -0.2) is 0 Å². The molecule has 0 heterocycles. The van der Waals surface area contributed by atoms with Crippen LogP contribution in [0.2, 0.25) is 0 Å². The number of ether oxygens (including phenoxy) is 2. The molecule has 0 fully saturated rings. The van der Waals surface area contributed by atoms with Gasteiger partial charge in [0.2, 0.25) is 0 Å². The molecule has 0 amide bonds. The van der Waals surface area contributed by atoms with Gasteiger partial charge < -0.3 is 14.8 Å². The minimum absolute atomic E-state index is 0.773. The molecule has 1 N–H and O–H groups in total. The van der Waals surface area contributed by atoms with Crippen LogP contribution in [0.25, 0.3) is 6.08 Å². The van der Waals surface area contributed by atoms with E-state index in [1.165, 1.54) is 5.57 Å². The Bertz CT molecular complexity index is 654. The van der Waals surface area contributed by atoms with Crippen LogP contribution >= 0.6 is 0 Å². The molecular formula is C22H29NO2. The largest absolute Gasteiger partial charge is 0.497 e. The minimum atomic E-state index is 0.773. The summed E-state index contributed by atoms with van der Waals surface area (Å²) in [7, 11) is 3.30. The van der Waals surface area contributed by atoms with Crippen LogP contribution in [-0.2, 0) is 0 Å². The van der Waals surface area contributed by atoms with Crippen LogP contribution in [0.4, 0.5) is 0 Å². The van der Waals surface area contributed by atoms with E-state index in [1.54, 1.807) is 20.3 Å². The first-order chi connectivity index (χ1) is 12.1. The van der Waals surface area contributed by atoms with Crippen molar-refractivity contribution in [3.63, 3.8) is 0 Å². The van der Waals surface area contributed by atoms with Gasteiger partial charge in [0.1, 0.15) is 11.5 Å². The lowest BCUT2D eigenvalue weighted by Crippen LogP contribution is -2.06. The number of benzene rings is 1. The summed E-state index contributed by atoms with van der Waals surface area (Å²) >= 11 is 0. The second kappa shape index (κ2) is 11.8. The van der Waals surface area contributed by atoms with Crippen LogP contribution in [0, 0.1) is 0 Å². The standard InChI is InChI=1S/C22H29NO2/c1-6-8-19(14-16-23-15-7-9-18(2)3)10-11-20-12-13-21(24-4)17-22(20)25-5/h6,8,10-14,16-17,23H,1-2,7,9,15H2,3-5H3/b11-10+,16-14-,19-8-. The van der Waals surface area contributed by atoms with Crippen LogP contribution in [0.5, 0.6) is 11.5 Å². The van der Waals surface area contributed by atoms with E-state index in [0.29, 0.717) is 0 Å². The van der Waals surface area contributed by atoms with Crippen molar-refractivity contribution >= 4 is 6.08 Å². The molecule has 0 radical (unpaired) electrons. The molecule has 0 bridgehead atoms. The molecule has 25 heavy (non-hydrogen) atoms. The lowest BCUT2D eigenvalue weighted by Gasteiger charge is -2.07. The van der Waals surface area contributed by atoms with Gasteiger partial charge in [-0.15, -0.1) is 6.58 Å². The smallest absolute Gasteiger partial charge is 0.129 e. The van der Waals surface area contributed by atoms with Gasteiger partial charge >= 0.3 is 0 Å². The third-order valence-electron chi connectivity index (χ3n) is 3.52. The quantitative estimate of drug-likeness (QED) is 0.337. The van der Waals surface area contributed by atoms with E-state index in [9.17, 15) is 0 Å². The van der Waals surface area contributed by atoms with Gasteiger partial charge in [0.15, 0.2) is 0 Å². The maximum Gasteiger partial charge on any atom is 0.129 e. The fraction of sp³-hybridized carbons (Fsp3) is 0.273. The molecule has 0 atom stereocenters. The van der Waals surface area contributed by atoms with Gasteiger partial charge in [-0.3, -0.25) is 0 Å². The Kier molecular flexibility index (Phi) is 9.61. The van der Waals surface area contributed by atoms with E-state index >= 15 is 0 Å². The molecule has 3 nitrogen and oxygen atoms in total. The van der Waals surface area contributed by atoms with Crippen LogP contribution < -0.4 is 14.8 Å². The Hall–Kier alpha value is -2.68. The average Bonchev–Trinajstić information content (AvgIpc) is 2.61. The zero-order chi connectivity index (χ0) is 18.5. The Labute approximate surface area is 152 Å². The van der Waals surface area contributed by atoms with Crippen molar-refractivity contribution in [2.45, 2.75) is 19.8 Å². The summed E-state index contributed by atoms with van der Waals surface area (Å²) in [4.78, 5) is 0. The predicted molar refractivity (Wildman–Crippen MR) is 108 cm³/mol. The zero-order valence-corrected chi connectivity index (χ0v) is 15.5. The molecule has 1 aromatic carbocycles. The lowest BCUT2D eigenvalue weighted by atomic mass is 10.1. The number of nitrogens with one attached hydrogen (secondary N) is 1. The summed E-state index contributed by atoms with van der Waals surface area (Å²) < 4.78 is 10.6. The predicted octanol–water partition coefficient (Wildman–Crippen LogP) is 5.29. The van der Waals surface area contributed by atoms with Gasteiger partial charge in [-0.2, -0.15) is 0 Å². The third kappa shape index (κ3) is 8.11. The highest BCUT2D eigenvalue weighted by Crippen LogP contribution is 2.26. The van der Waals surface area contributed by atoms with Crippen LogP contribution in [0.1, 0.15) is 25.3 Å². The molecule has 0 aliphatic rings. The van der Waals surface area contributed by atoms with E-state index in [0.717, 1.165) is 42.0 Å². The molecular weight excluding hydrogens is 310 g/mol. The van der Waals surface area contributed by atoms with Gasteiger partial charge in [-0.05, 0) is 49.7 Å². The first-order valence-electron chi connectivity index (χ1n) is 8.38. The fourth-order valence-electron chi connectivity index (χ4n) is 2.18. The number of allylic oxidation sites excluding steroid dienone is 6. The normalized spacial score (nSPS) is 11.7. The van der Waals surface area contributed by atoms with E-state index in [1.807, 2.05) is 48.7 Å². The summed E-state index contributed by atoms with van der Waals surface area (Å²) in [6, 6.07) is 5.76. The maximum atomic E-state index is 5.42. The minimum Gasteiger partial charge on any atom is -0.497 e. The van der Waals surface area contributed by atoms with Crippen LogP contribution in [-0.4, -0.2) is 20.8 Å². The summed E-state index contributed by atoms with van der Waals surface area (Å²) in [6.45, 7) is 10.7. The molecule has 1 aromatic rings. The number of methoxy groups -OCH3 is 2. The third-order valence-corrected chi connectivity index (χ3v) is 3.52. The highest BCUT2D eigenvalue weighted by molar-refractivity contribution is 5.62. The molecule has 0 aliphatic carbocycles. The Morgan fingerprint density at radius 1 is 1.20 bits per heavy atom. The Balaban J connectivity index is 2.71. The monoisotopic (exact) mass is 339 g/mol. The Morgan fingerprint density at radius 3 is 2.64 bits per heavy atom. The molecule has 0 aromatic heterocycles. The average molecular weight is 339 g/mol. The molecule has 1 rings (SSSR count). The molecule has 0 aliphatic heterocycles. The first-order valence-corrected chi connectivity index (χ1v) is 8.38. The number of hydrogen-bond donors (Lipinski definition) is 1. The zero-order valence-electron chi connectivity index (χ0n) is 15.5. The molecule has 3 heteroatoms. The SMILES string of the molecule is C=C/C=C(\C=C/NCCCC(=C)C)/C=C/c1ccc(OC)cc1OC. The summed E-state index contributed by atoms with van der Waals surface area (Å²) in [5, 5.41) is 3.29. The van der Waals surface area contributed by atoms with Crippen molar-refractivity contribution in [3.05, 3.63) is 78.6 Å². The van der Waals surface area contributed by atoms with Gasteiger partial charge in [0.05, 0.1) is 14.2 Å². The summed E-state index contributed by atoms with van der Waals surface area (Å²) in [6.07, 6.45) is 13.9. The van der Waals surface area contributed by atoms with Crippen molar-refractivity contribution in [1.82, 2.24) is 5.32 Å². The molecule has 0 saturated carbocycles. The summed E-state index contributed by atoms with van der Waals surface area (Å²) in [5.41, 5.74) is 3.25. The van der Waals surface area contributed by atoms with Crippen molar-refractivity contribution in [2.24, 2.45) is 0 Å². The number of rotatable bonds is 11. The van der Waals surface area contributed by atoms with Gasteiger partial charge in [0.25, 0.3) is 0 Å². The molecule has 0 spiro atoms. The lowest BCUT2D eigenvalue weighted by molar-refractivity contribution is 0.394. The van der Waals surface area contributed by atoms with Gasteiger partial charge in [0, 0.05) is 18.2 Å². The van der Waals surface area contributed by atoms with Crippen molar-refractivity contribution in [1.29, 1.82) is 0 Å².